The lowest BCUT2D eigenvalue weighted by molar-refractivity contribution is 0.0695. The normalized spacial score (nSPS) is 13.9. The van der Waals surface area contributed by atoms with E-state index in [9.17, 15) is 9.90 Å². The van der Waals surface area contributed by atoms with Crippen molar-refractivity contribution in [2.45, 2.75) is 19.0 Å². The van der Waals surface area contributed by atoms with Gasteiger partial charge < -0.3 is 15.5 Å². The molecule has 2 rings (SSSR count). The van der Waals surface area contributed by atoms with Gasteiger partial charge in [0.25, 0.3) is 0 Å². The Labute approximate surface area is 123 Å². The van der Waals surface area contributed by atoms with Crippen LogP contribution in [0.25, 0.3) is 0 Å². The highest BCUT2D eigenvalue weighted by Crippen LogP contribution is 2.21. The summed E-state index contributed by atoms with van der Waals surface area (Å²) in [6.45, 7) is 2.07. The predicted molar refractivity (Wildman–Crippen MR) is 77.9 cm³/mol. The molecule has 6 heteroatoms. The summed E-state index contributed by atoms with van der Waals surface area (Å²) < 4.78 is 1.53. The molecule has 3 N–H and O–H groups in total. The smallest absolute Gasteiger partial charge is 0.339 e. The topological polar surface area (TPSA) is 87.4 Å². The quantitative estimate of drug-likeness (QED) is 0.741. The van der Waals surface area contributed by atoms with Crippen molar-refractivity contribution < 1.29 is 15.0 Å². The molecule has 2 aromatic rings. The van der Waals surface area contributed by atoms with Gasteiger partial charge in [-0.15, -0.1) is 0 Å². The monoisotopic (exact) mass is 289 g/mol. The van der Waals surface area contributed by atoms with Crippen LogP contribution in [-0.4, -0.2) is 32.6 Å². The van der Waals surface area contributed by atoms with Gasteiger partial charge in [-0.25, -0.2) is 4.79 Å². The molecule has 0 radical (unpaired) electrons. The molecule has 0 aliphatic heterocycles. The first-order valence-corrected chi connectivity index (χ1v) is 6.63. The first kappa shape index (κ1) is 15.2. The zero-order valence-corrected chi connectivity index (χ0v) is 12.1. The summed E-state index contributed by atoms with van der Waals surface area (Å²) in [7, 11) is 1.70. The van der Waals surface area contributed by atoms with E-state index in [0.717, 1.165) is 5.56 Å². The number of aryl methyl sites for hydroxylation is 1. The number of aliphatic hydroxyl groups is 1. The lowest BCUT2D eigenvalue weighted by Crippen LogP contribution is -2.43. The van der Waals surface area contributed by atoms with Crippen molar-refractivity contribution in [1.29, 1.82) is 0 Å². The van der Waals surface area contributed by atoms with E-state index in [4.69, 9.17) is 5.11 Å². The molecule has 1 aromatic heterocycles. The molecule has 0 amide bonds. The maximum absolute atomic E-state index is 11.2. The fourth-order valence-corrected chi connectivity index (χ4v) is 2.19. The fourth-order valence-electron chi connectivity index (χ4n) is 2.19. The average molecular weight is 289 g/mol. The van der Waals surface area contributed by atoms with E-state index in [2.05, 4.69) is 10.4 Å². The lowest BCUT2D eigenvalue weighted by Gasteiger charge is -2.29. The SMILES string of the molecule is Cn1ncc(C(=O)O)c1CNC(C)(CO)c1ccccc1. The third-order valence-corrected chi connectivity index (χ3v) is 3.67. The Morgan fingerprint density at radius 2 is 2.05 bits per heavy atom. The Hall–Kier alpha value is -2.18. The van der Waals surface area contributed by atoms with Crippen LogP contribution in [0.1, 0.15) is 28.5 Å². The summed E-state index contributed by atoms with van der Waals surface area (Å²) in [5, 5.41) is 26.1. The van der Waals surface area contributed by atoms with Crippen LogP contribution in [0.5, 0.6) is 0 Å². The number of nitrogens with zero attached hydrogens (tertiary/aromatic N) is 2. The van der Waals surface area contributed by atoms with Crippen molar-refractivity contribution in [3.8, 4) is 0 Å². The van der Waals surface area contributed by atoms with E-state index in [1.165, 1.54) is 10.9 Å². The summed E-state index contributed by atoms with van der Waals surface area (Å²) in [6.07, 6.45) is 1.33. The lowest BCUT2D eigenvalue weighted by atomic mass is 9.93. The minimum Gasteiger partial charge on any atom is -0.478 e. The zero-order valence-electron chi connectivity index (χ0n) is 12.1. The van der Waals surface area contributed by atoms with Gasteiger partial charge in [0.15, 0.2) is 0 Å². The number of benzene rings is 1. The molecular weight excluding hydrogens is 270 g/mol. The fraction of sp³-hybridized carbons (Fsp3) is 0.333. The zero-order chi connectivity index (χ0) is 15.5. The summed E-state index contributed by atoms with van der Waals surface area (Å²) in [5.41, 5.74) is 1.02. The second-order valence-corrected chi connectivity index (χ2v) is 5.14. The van der Waals surface area contributed by atoms with Gasteiger partial charge >= 0.3 is 5.97 Å². The third kappa shape index (κ3) is 3.12. The van der Waals surface area contributed by atoms with Gasteiger partial charge in [-0.3, -0.25) is 4.68 Å². The number of hydrogen-bond donors (Lipinski definition) is 3. The highest BCUT2D eigenvalue weighted by molar-refractivity contribution is 5.88. The molecule has 1 unspecified atom stereocenters. The summed E-state index contributed by atoms with van der Waals surface area (Å²) in [4.78, 5) is 11.2. The summed E-state index contributed by atoms with van der Waals surface area (Å²) in [5.74, 6) is -1.01. The summed E-state index contributed by atoms with van der Waals surface area (Å²) in [6, 6.07) is 9.55. The van der Waals surface area contributed by atoms with Crippen LogP contribution in [0.4, 0.5) is 0 Å². The summed E-state index contributed by atoms with van der Waals surface area (Å²) >= 11 is 0. The van der Waals surface area contributed by atoms with E-state index in [1.807, 2.05) is 37.3 Å². The van der Waals surface area contributed by atoms with Crippen molar-refractivity contribution in [3.63, 3.8) is 0 Å². The van der Waals surface area contributed by atoms with Crippen molar-refractivity contribution in [3.05, 3.63) is 53.3 Å². The predicted octanol–water partition coefficient (Wildman–Crippen LogP) is 1.12. The molecule has 1 heterocycles. The Morgan fingerprint density at radius 3 is 2.62 bits per heavy atom. The standard InChI is InChI=1S/C15H19N3O3/c1-15(10-19,11-6-4-3-5-7-11)16-9-13-12(14(20)21)8-17-18(13)2/h3-8,16,19H,9-10H2,1-2H3,(H,20,21). The molecule has 0 spiro atoms. The van der Waals surface area contributed by atoms with Crippen molar-refractivity contribution >= 4 is 5.97 Å². The molecule has 0 aliphatic carbocycles. The van der Waals surface area contributed by atoms with Crippen molar-refractivity contribution in [2.75, 3.05) is 6.61 Å². The number of aliphatic hydroxyl groups excluding tert-OH is 1. The number of hydrogen-bond acceptors (Lipinski definition) is 4. The van der Waals surface area contributed by atoms with Gasteiger partial charge in [0.2, 0.25) is 0 Å². The van der Waals surface area contributed by atoms with Crippen LogP contribution >= 0.6 is 0 Å². The van der Waals surface area contributed by atoms with Gasteiger partial charge in [-0.2, -0.15) is 5.10 Å². The Kier molecular flexibility index (Phi) is 4.40. The molecule has 0 saturated heterocycles. The molecule has 0 bridgehead atoms. The number of carboxylic acids is 1. The molecule has 1 atom stereocenters. The average Bonchev–Trinajstić information content (AvgIpc) is 2.87. The van der Waals surface area contributed by atoms with Gasteiger partial charge in [0.05, 0.1) is 24.0 Å². The number of carboxylic acid groups (broad SMARTS) is 1. The van der Waals surface area contributed by atoms with Gasteiger partial charge in [0, 0.05) is 13.6 Å². The minimum absolute atomic E-state index is 0.0999. The van der Waals surface area contributed by atoms with Gasteiger partial charge in [-0.05, 0) is 12.5 Å². The van der Waals surface area contributed by atoms with E-state index >= 15 is 0 Å². The van der Waals surface area contributed by atoms with Crippen LogP contribution in [0, 0.1) is 0 Å². The number of nitrogens with one attached hydrogen (secondary N) is 1. The van der Waals surface area contributed by atoms with Crippen LogP contribution in [0.2, 0.25) is 0 Å². The molecule has 0 fully saturated rings. The second kappa shape index (κ2) is 6.07. The number of aromatic nitrogens is 2. The Morgan fingerprint density at radius 1 is 1.38 bits per heavy atom. The number of aromatic carboxylic acids is 1. The number of rotatable bonds is 6. The largest absolute Gasteiger partial charge is 0.478 e. The number of carbonyl (C=O) groups is 1. The maximum Gasteiger partial charge on any atom is 0.339 e. The Bertz CT molecular complexity index is 624. The highest BCUT2D eigenvalue weighted by Gasteiger charge is 2.26. The highest BCUT2D eigenvalue weighted by atomic mass is 16.4. The molecule has 1 aromatic carbocycles. The molecule has 21 heavy (non-hydrogen) atoms. The van der Waals surface area contributed by atoms with Crippen LogP contribution in [-0.2, 0) is 19.1 Å². The first-order chi connectivity index (χ1) is 9.98. The van der Waals surface area contributed by atoms with Crippen LogP contribution < -0.4 is 5.32 Å². The van der Waals surface area contributed by atoms with E-state index in [1.54, 1.807) is 7.05 Å². The van der Waals surface area contributed by atoms with Crippen molar-refractivity contribution in [1.82, 2.24) is 15.1 Å². The molecule has 0 aliphatic rings. The second-order valence-electron chi connectivity index (χ2n) is 5.14. The molecule has 0 saturated carbocycles. The van der Waals surface area contributed by atoms with E-state index in [0.29, 0.717) is 12.2 Å². The van der Waals surface area contributed by atoms with Crippen molar-refractivity contribution in [2.24, 2.45) is 7.05 Å². The van der Waals surface area contributed by atoms with Gasteiger partial charge in [0.1, 0.15) is 5.56 Å². The minimum atomic E-state index is -1.01. The first-order valence-electron chi connectivity index (χ1n) is 6.63. The third-order valence-electron chi connectivity index (χ3n) is 3.67. The molecular formula is C15H19N3O3. The van der Waals surface area contributed by atoms with E-state index < -0.39 is 11.5 Å². The van der Waals surface area contributed by atoms with Crippen LogP contribution in [0.3, 0.4) is 0 Å². The van der Waals surface area contributed by atoms with Gasteiger partial charge in [-0.1, -0.05) is 30.3 Å². The molecule has 6 nitrogen and oxygen atoms in total. The Balaban J connectivity index is 2.22. The van der Waals surface area contributed by atoms with Crippen LogP contribution in [0.15, 0.2) is 36.5 Å². The van der Waals surface area contributed by atoms with E-state index in [-0.39, 0.29) is 12.2 Å². The maximum atomic E-state index is 11.2. The molecule has 112 valence electrons.